The van der Waals surface area contributed by atoms with Crippen molar-refractivity contribution < 1.29 is 23.8 Å². The Hall–Kier alpha value is -4.74. The molecule has 0 bridgehead atoms. The van der Waals surface area contributed by atoms with E-state index in [0.29, 0.717) is 40.1 Å². The van der Waals surface area contributed by atoms with E-state index in [1.807, 2.05) is 42.5 Å². The molecule has 0 radical (unpaired) electrons. The number of para-hydroxylation sites is 1. The fourth-order valence-electron chi connectivity index (χ4n) is 4.90. The molecule has 230 valence electrons. The summed E-state index contributed by atoms with van der Waals surface area (Å²) < 4.78 is 18.0. The van der Waals surface area contributed by atoms with E-state index < -0.39 is 17.9 Å². The predicted octanol–water partition coefficient (Wildman–Crippen LogP) is 6.07. The van der Waals surface area contributed by atoms with Crippen LogP contribution in [0.1, 0.15) is 36.6 Å². The van der Waals surface area contributed by atoms with Crippen molar-refractivity contribution in [2.45, 2.75) is 26.5 Å². The minimum Gasteiger partial charge on any atom is -0.488 e. The number of hydrogen-bond acceptors (Lipinski definition) is 7. The highest BCUT2D eigenvalue weighted by molar-refractivity contribution is 9.10. The van der Waals surface area contributed by atoms with Crippen LogP contribution in [0.15, 0.2) is 106 Å². The van der Waals surface area contributed by atoms with E-state index in [1.54, 1.807) is 32.0 Å². The Balaban J connectivity index is 1.18. The van der Waals surface area contributed by atoms with Crippen LogP contribution >= 0.6 is 28.1 Å². The molecule has 5 rings (SSSR count). The number of ether oxygens (including phenoxy) is 3. The Morgan fingerprint density at radius 3 is 2.60 bits per heavy atom. The first-order valence-electron chi connectivity index (χ1n) is 14.2. The lowest BCUT2D eigenvalue weighted by Crippen LogP contribution is -2.45. The number of benzene rings is 4. The molecule has 0 fully saturated rings. The molecule has 9 nitrogen and oxygen atoms in total. The van der Waals surface area contributed by atoms with Crippen LogP contribution in [0.4, 0.5) is 0 Å². The van der Waals surface area contributed by atoms with Crippen LogP contribution in [0.25, 0.3) is 10.8 Å². The summed E-state index contributed by atoms with van der Waals surface area (Å²) in [6.45, 7) is 3.85. The second-order valence-corrected chi connectivity index (χ2v) is 11.3. The fourth-order valence-corrected chi connectivity index (χ4v) is 5.68. The van der Waals surface area contributed by atoms with Crippen molar-refractivity contribution >= 4 is 62.1 Å². The molecule has 0 aliphatic carbocycles. The van der Waals surface area contributed by atoms with E-state index in [-0.39, 0.29) is 13.2 Å². The molecule has 0 spiro atoms. The summed E-state index contributed by atoms with van der Waals surface area (Å²) in [5, 5.41) is 12.8. The molecule has 1 aliphatic heterocycles. The van der Waals surface area contributed by atoms with Crippen LogP contribution in [0.2, 0.25) is 0 Å². The van der Waals surface area contributed by atoms with Gasteiger partial charge in [-0.1, -0.05) is 60.7 Å². The van der Waals surface area contributed by atoms with Crippen LogP contribution in [-0.4, -0.2) is 36.4 Å². The molecular formula is C34H31BrN4O5S. The predicted molar refractivity (Wildman–Crippen MR) is 181 cm³/mol. The van der Waals surface area contributed by atoms with Gasteiger partial charge in [-0.2, -0.15) is 5.10 Å². The quantitative estimate of drug-likeness (QED) is 0.0756. The lowest BCUT2D eigenvalue weighted by Gasteiger charge is -2.30. The number of thiocarbonyl (C=S) groups is 1. The topological polar surface area (TPSA) is 110 Å². The van der Waals surface area contributed by atoms with Gasteiger partial charge >= 0.3 is 5.97 Å². The van der Waals surface area contributed by atoms with Gasteiger partial charge in [0.2, 0.25) is 0 Å². The van der Waals surface area contributed by atoms with Crippen molar-refractivity contribution in [1.82, 2.24) is 16.1 Å². The van der Waals surface area contributed by atoms with Gasteiger partial charge in [0.25, 0.3) is 5.91 Å². The number of carbonyl (C=O) groups is 2. The number of nitrogens with zero attached hydrogens (tertiary/aromatic N) is 1. The van der Waals surface area contributed by atoms with Gasteiger partial charge in [-0.15, -0.1) is 0 Å². The van der Waals surface area contributed by atoms with E-state index >= 15 is 0 Å². The number of hydrogen-bond donors (Lipinski definition) is 3. The number of allylic oxidation sites excluding steroid dienone is 1. The zero-order chi connectivity index (χ0) is 31.8. The van der Waals surface area contributed by atoms with Crippen LogP contribution < -0.4 is 25.5 Å². The van der Waals surface area contributed by atoms with Crippen molar-refractivity contribution in [2.75, 3.05) is 13.2 Å². The van der Waals surface area contributed by atoms with Crippen LogP contribution in [-0.2, 0) is 20.9 Å². The third kappa shape index (κ3) is 7.86. The maximum atomic E-state index is 12.8. The first-order valence-corrected chi connectivity index (χ1v) is 15.4. The van der Waals surface area contributed by atoms with Gasteiger partial charge in [0.05, 0.1) is 28.9 Å². The molecule has 4 aromatic rings. The first-order chi connectivity index (χ1) is 21.8. The second kappa shape index (κ2) is 14.8. The molecule has 1 heterocycles. The summed E-state index contributed by atoms with van der Waals surface area (Å²) in [7, 11) is 0. The maximum absolute atomic E-state index is 12.8. The molecule has 0 aromatic heterocycles. The van der Waals surface area contributed by atoms with Crippen molar-refractivity contribution in [1.29, 1.82) is 0 Å². The molecule has 1 amide bonds. The molecule has 45 heavy (non-hydrogen) atoms. The molecule has 0 unspecified atom stereocenters. The van der Waals surface area contributed by atoms with Crippen molar-refractivity contribution in [3.05, 3.63) is 117 Å². The maximum Gasteiger partial charge on any atom is 0.338 e. The first kappa shape index (κ1) is 31.7. The number of esters is 1. The van der Waals surface area contributed by atoms with Gasteiger partial charge in [-0.3, -0.25) is 4.79 Å². The van der Waals surface area contributed by atoms with E-state index in [1.165, 1.54) is 11.6 Å². The van der Waals surface area contributed by atoms with Crippen molar-refractivity contribution in [3.8, 4) is 11.5 Å². The van der Waals surface area contributed by atoms with E-state index in [9.17, 15) is 9.59 Å². The number of fused-ring (bicyclic) bond motifs is 1. The number of rotatable bonds is 11. The lowest BCUT2D eigenvalue weighted by molar-refractivity contribution is -0.139. The summed E-state index contributed by atoms with van der Waals surface area (Å²) in [6.07, 6.45) is 1.53. The van der Waals surface area contributed by atoms with E-state index in [0.717, 1.165) is 21.0 Å². The van der Waals surface area contributed by atoms with Crippen LogP contribution in [0.5, 0.6) is 11.5 Å². The van der Waals surface area contributed by atoms with Gasteiger partial charge in [-0.05, 0) is 88.2 Å². The molecule has 3 N–H and O–H groups in total. The SMILES string of the molecule is CCOC(=O)C1=C(C)NC(=S)N[C@@H]1c1ccccc1OCC(=O)NN=Cc1ccc(OCc2cccc3ccccc23)c(Br)c1. The molecule has 1 atom stereocenters. The van der Waals surface area contributed by atoms with Gasteiger partial charge in [0.1, 0.15) is 18.1 Å². The highest BCUT2D eigenvalue weighted by Crippen LogP contribution is 2.33. The minimum absolute atomic E-state index is 0.229. The highest BCUT2D eigenvalue weighted by Gasteiger charge is 2.32. The Morgan fingerprint density at radius 2 is 1.78 bits per heavy atom. The fraction of sp³-hybridized carbons (Fsp3) is 0.176. The van der Waals surface area contributed by atoms with Gasteiger partial charge in [-0.25, -0.2) is 10.2 Å². The van der Waals surface area contributed by atoms with Gasteiger partial charge in [0, 0.05) is 11.3 Å². The van der Waals surface area contributed by atoms with Gasteiger partial charge < -0.3 is 24.8 Å². The smallest absolute Gasteiger partial charge is 0.338 e. The Labute approximate surface area is 274 Å². The second-order valence-electron chi connectivity index (χ2n) is 10.0. The summed E-state index contributed by atoms with van der Waals surface area (Å²) in [6, 6.07) is 26.4. The number of hydrazone groups is 1. The molecule has 1 aliphatic rings. The number of carbonyl (C=O) groups excluding carboxylic acids is 2. The Kier molecular flexibility index (Phi) is 10.4. The zero-order valence-electron chi connectivity index (χ0n) is 24.6. The van der Waals surface area contributed by atoms with Crippen LogP contribution in [0.3, 0.4) is 0 Å². The highest BCUT2D eigenvalue weighted by atomic mass is 79.9. The number of nitrogens with one attached hydrogen (secondary N) is 3. The molecule has 11 heteroatoms. The average Bonchev–Trinajstić information content (AvgIpc) is 3.03. The normalized spacial score (nSPS) is 14.6. The Bertz CT molecular complexity index is 1800. The average molecular weight is 688 g/mol. The summed E-state index contributed by atoms with van der Waals surface area (Å²) in [4.78, 5) is 25.3. The van der Waals surface area contributed by atoms with Crippen LogP contribution in [0, 0.1) is 0 Å². The monoisotopic (exact) mass is 686 g/mol. The molecular weight excluding hydrogens is 656 g/mol. The van der Waals surface area contributed by atoms with E-state index in [2.05, 4.69) is 61.4 Å². The molecule has 4 aromatic carbocycles. The van der Waals surface area contributed by atoms with Crippen molar-refractivity contribution in [2.24, 2.45) is 5.10 Å². The number of halogens is 1. The third-order valence-corrected chi connectivity index (χ3v) is 7.81. The summed E-state index contributed by atoms with van der Waals surface area (Å²) in [5.41, 5.74) is 5.94. The third-order valence-electron chi connectivity index (χ3n) is 6.98. The largest absolute Gasteiger partial charge is 0.488 e. The van der Waals surface area contributed by atoms with E-state index in [4.69, 9.17) is 26.4 Å². The minimum atomic E-state index is -0.618. The standard InChI is InChI=1S/C34H31BrN4O5S/c1-3-42-33(41)31-21(2)37-34(45)38-32(31)26-13-6-7-14-28(26)44-20-30(40)39-36-18-22-15-16-29(27(35)17-22)43-19-24-11-8-10-23-9-4-5-12-25(23)24/h4-18,32H,3,19-20H2,1-2H3,(H,39,40)(H2,37,38,45)/t32-/m1/s1. The summed E-state index contributed by atoms with van der Waals surface area (Å²) in [5.74, 6) is 0.175. The van der Waals surface area contributed by atoms with Crippen molar-refractivity contribution in [3.63, 3.8) is 0 Å². The van der Waals surface area contributed by atoms with Gasteiger partial charge in [0.15, 0.2) is 11.7 Å². The molecule has 0 saturated carbocycles. The Morgan fingerprint density at radius 1 is 1.00 bits per heavy atom. The molecule has 0 saturated heterocycles. The zero-order valence-corrected chi connectivity index (χ0v) is 27.0. The summed E-state index contributed by atoms with van der Waals surface area (Å²) >= 11 is 8.89. The number of amides is 1. The lowest BCUT2D eigenvalue weighted by atomic mass is 9.95.